The summed E-state index contributed by atoms with van der Waals surface area (Å²) in [5.41, 5.74) is 6.61. The lowest BCUT2D eigenvalue weighted by Gasteiger charge is -2.35. The predicted octanol–water partition coefficient (Wildman–Crippen LogP) is 2.78. The van der Waals surface area contributed by atoms with Crippen molar-refractivity contribution >= 4 is 5.91 Å². The van der Waals surface area contributed by atoms with Crippen LogP contribution in [0.2, 0.25) is 0 Å². The molecule has 1 heterocycles. The van der Waals surface area contributed by atoms with Crippen LogP contribution in [0.1, 0.15) is 44.6 Å². The molecule has 0 aliphatic carbocycles. The second-order valence-corrected chi connectivity index (χ2v) is 6.67. The lowest BCUT2D eigenvalue weighted by molar-refractivity contribution is -0.136. The van der Waals surface area contributed by atoms with E-state index in [-0.39, 0.29) is 17.9 Å². The van der Waals surface area contributed by atoms with Crippen LogP contribution in [-0.4, -0.2) is 43.2 Å². The van der Waals surface area contributed by atoms with E-state index in [2.05, 4.69) is 26.0 Å². The molecule has 4 heteroatoms. The number of likely N-dealkylation sites (tertiary alicyclic amines) is 1. The Kier molecular flexibility index (Phi) is 7.06. The van der Waals surface area contributed by atoms with Crippen molar-refractivity contribution < 1.29 is 9.53 Å². The Balaban J connectivity index is 1.92. The molecule has 1 unspecified atom stereocenters. The fraction of sp³-hybridized carbons (Fsp3) is 0.632. The Hall–Kier alpha value is -1.39. The highest BCUT2D eigenvalue weighted by atomic mass is 16.5. The van der Waals surface area contributed by atoms with Gasteiger partial charge < -0.3 is 15.4 Å². The van der Waals surface area contributed by atoms with Gasteiger partial charge in [0.25, 0.3) is 0 Å². The number of ether oxygens (including phenoxy) is 1. The van der Waals surface area contributed by atoms with Crippen LogP contribution < -0.4 is 5.73 Å². The quantitative estimate of drug-likeness (QED) is 0.787. The van der Waals surface area contributed by atoms with Gasteiger partial charge in [0.1, 0.15) is 0 Å². The molecule has 1 aromatic rings. The monoisotopic (exact) mass is 318 g/mol. The molecule has 2 rings (SSSR count). The maximum Gasteiger partial charge on any atom is 0.230 e. The topological polar surface area (TPSA) is 55.6 Å². The van der Waals surface area contributed by atoms with Crippen molar-refractivity contribution in [2.75, 3.05) is 26.2 Å². The molecule has 0 radical (unpaired) electrons. The van der Waals surface area contributed by atoms with Crippen molar-refractivity contribution in [3.8, 4) is 0 Å². The molecule has 0 bridgehead atoms. The number of hydrogen-bond donors (Lipinski definition) is 1. The largest absolute Gasteiger partial charge is 0.378 e. The first-order chi connectivity index (χ1) is 11.1. The minimum atomic E-state index is -0.0501. The third kappa shape index (κ3) is 5.05. The molecule has 0 saturated carbocycles. The maximum atomic E-state index is 13.0. The van der Waals surface area contributed by atoms with Gasteiger partial charge in [-0.05, 0) is 37.3 Å². The lowest BCUT2D eigenvalue weighted by Crippen LogP contribution is -2.44. The Labute approximate surface area is 140 Å². The number of benzene rings is 1. The summed E-state index contributed by atoms with van der Waals surface area (Å²) in [5.74, 6) is 0.501. The summed E-state index contributed by atoms with van der Waals surface area (Å²) in [5, 5.41) is 0. The number of carbonyl (C=O) groups is 1. The normalized spacial score (nSPS) is 17.5. The zero-order valence-electron chi connectivity index (χ0n) is 14.4. The van der Waals surface area contributed by atoms with Crippen molar-refractivity contribution in [1.82, 2.24) is 4.90 Å². The Bertz CT molecular complexity index is 468. The summed E-state index contributed by atoms with van der Waals surface area (Å²) < 4.78 is 5.83. The van der Waals surface area contributed by atoms with Crippen molar-refractivity contribution in [3.05, 3.63) is 35.9 Å². The number of amides is 1. The van der Waals surface area contributed by atoms with Crippen molar-refractivity contribution in [2.24, 2.45) is 11.7 Å². The van der Waals surface area contributed by atoms with Crippen LogP contribution in [0.25, 0.3) is 0 Å². The van der Waals surface area contributed by atoms with E-state index < -0.39 is 0 Å². The average molecular weight is 318 g/mol. The summed E-state index contributed by atoms with van der Waals surface area (Å²) in [7, 11) is 0. The highest BCUT2D eigenvalue weighted by Gasteiger charge is 2.31. The summed E-state index contributed by atoms with van der Waals surface area (Å²) in [6.45, 7) is 7.24. The van der Waals surface area contributed by atoms with Crippen LogP contribution in [0.3, 0.4) is 0 Å². The molecule has 1 aliphatic rings. The summed E-state index contributed by atoms with van der Waals surface area (Å²) in [6.07, 6.45) is 3.04. The Morgan fingerprint density at radius 3 is 2.48 bits per heavy atom. The molecule has 1 amide bonds. The summed E-state index contributed by atoms with van der Waals surface area (Å²) in [6, 6.07) is 10.1. The van der Waals surface area contributed by atoms with Crippen LogP contribution in [0, 0.1) is 5.92 Å². The highest BCUT2D eigenvalue weighted by molar-refractivity contribution is 5.84. The maximum absolute atomic E-state index is 13.0. The van der Waals surface area contributed by atoms with Gasteiger partial charge in [-0.3, -0.25) is 4.79 Å². The van der Waals surface area contributed by atoms with Crippen molar-refractivity contribution in [3.63, 3.8) is 0 Å². The molecule has 128 valence electrons. The molecule has 1 saturated heterocycles. The van der Waals surface area contributed by atoms with E-state index >= 15 is 0 Å². The molecular formula is C19H30N2O2. The summed E-state index contributed by atoms with van der Waals surface area (Å²) >= 11 is 0. The summed E-state index contributed by atoms with van der Waals surface area (Å²) in [4.78, 5) is 15.0. The number of piperidine rings is 1. The van der Waals surface area contributed by atoms with E-state index in [1.54, 1.807) is 0 Å². The van der Waals surface area contributed by atoms with E-state index in [1.807, 2.05) is 23.1 Å². The molecule has 1 aromatic carbocycles. The van der Waals surface area contributed by atoms with E-state index in [9.17, 15) is 4.79 Å². The molecular weight excluding hydrogens is 288 g/mol. The minimum Gasteiger partial charge on any atom is -0.378 e. The van der Waals surface area contributed by atoms with Crippen LogP contribution in [0.15, 0.2) is 30.3 Å². The Morgan fingerprint density at radius 2 is 1.91 bits per heavy atom. The van der Waals surface area contributed by atoms with Crippen LogP contribution in [0.4, 0.5) is 0 Å². The van der Waals surface area contributed by atoms with Gasteiger partial charge in [-0.25, -0.2) is 0 Å². The van der Waals surface area contributed by atoms with Gasteiger partial charge in [-0.2, -0.15) is 0 Å². The second-order valence-electron chi connectivity index (χ2n) is 6.67. The predicted molar refractivity (Wildman–Crippen MR) is 93.2 cm³/mol. The molecule has 1 atom stereocenters. The van der Waals surface area contributed by atoms with Gasteiger partial charge in [-0.1, -0.05) is 44.2 Å². The zero-order chi connectivity index (χ0) is 16.7. The lowest BCUT2D eigenvalue weighted by atomic mass is 9.86. The fourth-order valence-electron chi connectivity index (χ4n) is 3.25. The van der Waals surface area contributed by atoms with Gasteiger partial charge in [-0.15, -0.1) is 0 Å². The molecule has 0 aromatic heterocycles. The number of nitrogens with two attached hydrogens (primary N) is 1. The molecule has 1 fully saturated rings. The van der Waals surface area contributed by atoms with Crippen LogP contribution in [0.5, 0.6) is 0 Å². The van der Waals surface area contributed by atoms with Gasteiger partial charge in [0.05, 0.1) is 12.0 Å². The van der Waals surface area contributed by atoms with Gasteiger partial charge in [0.15, 0.2) is 0 Å². The molecule has 23 heavy (non-hydrogen) atoms. The minimum absolute atomic E-state index is 0.0501. The second kappa shape index (κ2) is 9.04. The Morgan fingerprint density at radius 1 is 1.26 bits per heavy atom. The first-order valence-electron chi connectivity index (χ1n) is 8.79. The molecule has 1 aliphatic heterocycles. The van der Waals surface area contributed by atoms with E-state index in [4.69, 9.17) is 10.5 Å². The van der Waals surface area contributed by atoms with E-state index in [0.29, 0.717) is 12.5 Å². The van der Waals surface area contributed by atoms with Gasteiger partial charge >= 0.3 is 0 Å². The van der Waals surface area contributed by atoms with Crippen molar-refractivity contribution in [1.29, 1.82) is 0 Å². The van der Waals surface area contributed by atoms with Crippen LogP contribution in [-0.2, 0) is 9.53 Å². The van der Waals surface area contributed by atoms with Crippen molar-refractivity contribution in [2.45, 2.75) is 45.1 Å². The van der Waals surface area contributed by atoms with Gasteiger partial charge in [0.2, 0.25) is 5.91 Å². The molecule has 4 nitrogen and oxygen atoms in total. The molecule has 2 N–H and O–H groups in total. The van der Waals surface area contributed by atoms with E-state index in [1.165, 1.54) is 0 Å². The first-order valence-corrected chi connectivity index (χ1v) is 8.79. The average Bonchev–Trinajstić information content (AvgIpc) is 2.56. The van der Waals surface area contributed by atoms with Gasteiger partial charge in [0, 0.05) is 19.7 Å². The number of rotatable bonds is 7. The smallest absolute Gasteiger partial charge is 0.230 e. The first kappa shape index (κ1) is 18.0. The number of hydrogen-bond acceptors (Lipinski definition) is 3. The third-order valence-corrected chi connectivity index (χ3v) is 4.55. The number of carbonyl (C=O) groups excluding carboxylic acids is 1. The highest BCUT2D eigenvalue weighted by Crippen LogP contribution is 2.28. The third-order valence-electron chi connectivity index (χ3n) is 4.55. The standard InChI is InChI=1S/C19H30N2O2/c1-15(2)18(16-7-4-3-5-8-16)19(22)21-12-9-17(10-13-21)23-14-6-11-20/h3-5,7-8,15,17-18H,6,9-14,20H2,1-2H3. The number of nitrogens with zero attached hydrogens (tertiary/aromatic N) is 1. The fourth-order valence-corrected chi connectivity index (χ4v) is 3.25. The van der Waals surface area contributed by atoms with E-state index in [0.717, 1.165) is 44.5 Å². The van der Waals surface area contributed by atoms with Crippen LogP contribution >= 0.6 is 0 Å². The SMILES string of the molecule is CC(C)C(C(=O)N1CCC(OCCCN)CC1)c1ccccc1. The zero-order valence-corrected chi connectivity index (χ0v) is 14.4. The molecule has 0 spiro atoms.